The molecule has 0 aromatic carbocycles. The van der Waals surface area contributed by atoms with Gasteiger partial charge < -0.3 is 5.11 Å². The second kappa shape index (κ2) is 7.20. The minimum absolute atomic E-state index is 0.0649. The number of hydrogen-bond donors (Lipinski definition) is 1. The Balaban J connectivity index is 4.12. The van der Waals surface area contributed by atoms with Crippen LogP contribution in [0.3, 0.4) is 0 Å². The summed E-state index contributed by atoms with van der Waals surface area (Å²) in [4.78, 5) is 0. The van der Waals surface area contributed by atoms with E-state index in [4.69, 9.17) is 5.11 Å². The van der Waals surface area contributed by atoms with Crippen LogP contribution < -0.4 is 0 Å². The number of rotatable bonds is 8. The second-order valence-corrected chi connectivity index (χ2v) is 5.33. The van der Waals surface area contributed by atoms with Gasteiger partial charge in [0.1, 0.15) is 0 Å². The van der Waals surface area contributed by atoms with Crippen molar-refractivity contribution in [3.8, 4) is 0 Å². The molecule has 1 N–H and O–H groups in total. The quantitative estimate of drug-likeness (QED) is 0.620. The van der Waals surface area contributed by atoms with Crippen LogP contribution in [0.1, 0.15) is 33.1 Å². The summed E-state index contributed by atoms with van der Waals surface area (Å²) in [5, 5.41) is 8.55. The highest BCUT2D eigenvalue weighted by Gasteiger charge is 2.18. The van der Waals surface area contributed by atoms with Crippen molar-refractivity contribution >= 4 is 10.0 Å². The summed E-state index contributed by atoms with van der Waals surface area (Å²) in [6.45, 7) is 5.01. The van der Waals surface area contributed by atoms with Gasteiger partial charge in [0.05, 0.1) is 5.75 Å². The van der Waals surface area contributed by atoms with Crippen LogP contribution >= 0.6 is 0 Å². The zero-order chi connectivity index (χ0) is 11.0. The van der Waals surface area contributed by atoms with Gasteiger partial charge in [0.2, 0.25) is 10.0 Å². The minimum atomic E-state index is -3.08. The van der Waals surface area contributed by atoms with Gasteiger partial charge in [-0.3, -0.25) is 0 Å². The summed E-state index contributed by atoms with van der Waals surface area (Å²) < 4.78 is 24.8. The van der Waals surface area contributed by atoms with Crippen molar-refractivity contribution in [3.05, 3.63) is 0 Å². The lowest BCUT2D eigenvalue weighted by molar-refractivity contribution is 0.287. The maximum atomic E-state index is 11.7. The van der Waals surface area contributed by atoms with Crippen molar-refractivity contribution < 1.29 is 13.5 Å². The van der Waals surface area contributed by atoms with Gasteiger partial charge in [0.15, 0.2) is 0 Å². The van der Waals surface area contributed by atoms with E-state index >= 15 is 0 Å². The van der Waals surface area contributed by atoms with Crippen molar-refractivity contribution in [1.82, 2.24) is 4.31 Å². The van der Waals surface area contributed by atoms with Crippen LogP contribution in [0.25, 0.3) is 0 Å². The van der Waals surface area contributed by atoms with E-state index in [1.54, 1.807) is 0 Å². The van der Waals surface area contributed by atoms with E-state index in [0.29, 0.717) is 25.9 Å². The van der Waals surface area contributed by atoms with Gasteiger partial charge >= 0.3 is 0 Å². The molecule has 0 saturated heterocycles. The third-order valence-corrected chi connectivity index (χ3v) is 4.06. The molecule has 5 heteroatoms. The maximum absolute atomic E-state index is 11.7. The summed E-state index contributed by atoms with van der Waals surface area (Å²) in [6, 6.07) is 0. The predicted molar refractivity (Wildman–Crippen MR) is 57.6 cm³/mol. The molecule has 14 heavy (non-hydrogen) atoms. The van der Waals surface area contributed by atoms with Crippen molar-refractivity contribution in [2.45, 2.75) is 33.1 Å². The van der Waals surface area contributed by atoms with E-state index in [2.05, 4.69) is 0 Å². The number of aliphatic hydroxyl groups is 1. The lowest BCUT2D eigenvalue weighted by atomic mass is 10.4. The largest absolute Gasteiger partial charge is 0.396 e. The van der Waals surface area contributed by atoms with Crippen LogP contribution in [0, 0.1) is 0 Å². The molecule has 0 aliphatic heterocycles. The van der Waals surface area contributed by atoms with E-state index in [1.165, 1.54) is 4.31 Å². The van der Waals surface area contributed by atoms with E-state index in [-0.39, 0.29) is 12.4 Å². The summed E-state index contributed by atoms with van der Waals surface area (Å²) in [5.74, 6) is 0.154. The summed E-state index contributed by atoms with van der Waals surface area (Å²) in [7, 11) is -3.08. The number of aliphatic hydroxyl groups excluding tert-OH is 1. The zero-order valence-electron chi connectivity index (χ0n) is 9.07. The predicted octanol–water partition coefficient (Wildman–Crippen LogP) is 0.821. The Morgan fingerprint density at radius 3 is 2.29 bits per heavy atom. The van der Waals surface area contributed by atoms with E-state index in [1.807, 2.05) is 13.8 Å². The third kappa shape index (κ3) is 4.93. The SMILES string of the molecule is CCCN(CC)S(=O)(=O)CCCCO. The Hall–Kier alpha value is -0.130. The Labute approximate surface area is 87.0 Å². The molecule has 0 atom stereocenters. The van der Waals surface area contributed by atoms with Gasteiger partial charge in [0.25, 0.3) is 0 Å². The van der Waals surface area contributed by atoms with Gasteiger partial charge in [-0.2, -0.15) is 0 Å². The molecule has 0 aliphatic rings. The fraction of sp³-hybridized carbons (Fsp3) is 1.00. The first-order chi connectivity index (χ1) is 6.58. The molecule has 0 amide bonds. The van der Waals surface area contributed by atoms with Crippen LogP contribution in [0.2, 0.25) is 0 Å². The monoisotopic (exact) mass is 223 g/mol. The maximum Gasteiger partial charge on any atom is 0.214 e. The molecule has 0 saturated carbocycles. The molecule has 86 valence electrons. The molecule has 0 aromatic heterocycles. The third-order valence-electron chi connectivity index (χ3n) is 2.03. The summed E-state index contributed by atoms with van der Waals surface area (Å²) in [5.41, 5.74) is 0. The first-order valence-corrected chi connectivity index (χ1v) is 6.78. The topological polar surface area (TPSA) is 57.6 Å². The van der Waals surface area contributed by atoms with E-state index in [9.17, 15) is 8.42 Å². The van der Waals surface area contributed by atoms with Crippen LogP contribution in [0.5, 0.6) is 0 Å². The Morgan fingerprint density at radius 2 is 1.86 bits per heavy atom. The van der Waals surface area contributed by atoms with Gasteiger partial charge in [-0.15, -0.1) is 0 Å². The normalized spacial score (nSPS) is 12.3. The molecule has 4 nitrogen and oxygen atoms in total. The smallest absolute Gasteiger partial charge is 0.214 e. The fourth-order valence-electron chi connectivity index (χ4n) is 1.27. The molecule has 0 aliphatic carbocycles. The highest BCUT2D eigenvalue weighted by Crippen LogP contribution is 2.05. The number of sulfonamides is 1. The van der Waals surface area contributed by atoms with Crippen molar-refractivity contribution in [1.29, 1.82) is 0 Å². The van der Waals surface area contributed by atoms with Crippen LogP contribution in [-0.2, 0) is 10.0 Å². The van der Waals surface area contributed by atoms with E-state index in [0.717, 1.165) is 6.42 Å². The molecule has 0 bridgehead atoms. The lowest BCUT2D eigenvalue weighted by Crippen LogP contribution is -2.33. The van der Waals surface area contributed by atoms with Gasteiger partial charge in [0, 0.05) is 19.7 Å². The minimum Gasteiger partial charge on any atom is -0.396 e. The number of nitrogens with zero attached hydrogens (tertiary/aromatic N) is 1. The molecule has 0 fully saturated rings. The Morgan fingerprint density at radius 1 is 1.21 bits per heavy atom. The van der Waals surface area contributed by atoms with Crippen molar-refractivity contribution in [2.75, 3.05) is 25.4 Å². The van der Waals surface area contributed by atoms with Gasteiger partial charge in [-0.25, -0.2) is 12.7 Å². The standard InChI is InChI=1S/C9H21NO3S/c1-3-7-10(4-2)14(12,13)9-6-5-8-11/h11H,3-9H2,1-2H3. The summed E-state index contributed by atoms with van der Waals surface area (Å²) >= 11 is 0. The highest BCUT2D eigenvalue weighted by molar-refractivity contribution is 7.89. The lowest BCUT2D eigenvalue weighted by Gasteiger charge is -2.19. The van der Waals surface area contributed by atoms with E-state index < -0.39 is 10.0 Å². The van der Waals surface area contributed by atoms with Crippen LogP contribution in [0.4, 0.5) is 0 Å². The molecule has 0 heterocycles. The first-order valence-electron chi connectivity index (χ1n) is 5.17. The van der Waals surface area contributed by atoms with Gasteiger partial charge in [-0.05, 0) is 19.3 Å². The molecule has 0 unspecified atom stereocenters. The summed E-state index contributed by atoms with van der Waals surface area (Å²) in [6.07, 6.45) is 1.94. The average molecular weight is 223 g/mol. The molecule has 0 radical (unpaired) electrons. The number of unbranched alkanes of at least 4 members (excludes halogenated alkanes) is 1. The second-order valence-electron chi connectivity index (χ2n) is 3.24. The van der Waals surface area contributed by atoms with Crippen LogP contribution in [-0.4, -0.2) is 43.3 Å². The Bertz CT molecular complexity index is 226. The molecule has 0 rings (SSSR count). The fourth-order valence-corrected chi connectivity index (χ4v) is 2.95. The molecular formula is C9H21NO3S. The van der Waals surface area contributed by atoms with Gasteiger partial charge in [-0.1, -0.05) is 13.8 Å². The first kappa shape index (κ1) is 13.9. The molecular weight excluding hydrogens is 202 g/mol. The van der Waals surface area contributed by atoms with Crippen molar-refractivity contribution in [3.63, 3.8) is 0 Å². The average Bonchev–Trinajstić information content (AvgIpc) is 2.14. The molecule has 0 aromatic rings. The molecule has 0 spiro atoms. The zero-order valence-corrected chi connectivity index (χ0v) is 9.89. The highest BCUT2D eigenvalue weighted by atomic mass is 32.2. The number of hydrogen-bond acceptors (Lipinski definition) is 3. The van der Waals surface area contributed by atoms with Crippen LogP contribution in [0.15, 0.2) is 0 Å². The van der Waals surface area contributed by atoms with Crippen molar-refractivity contribution in [2.24, 2.45) is 0 Å². The Kier molecular flexibility index (Phi) is 7.13.